The van der Waals surface area contributed by atoms with E-state index in [1.54, 1.807) is 19.1 Å². The van der Waals surface area contributed by atoms with Crippen molar-refractivity contribution in [2.75, 3.05) is 6.54 Å². The molecule has 2 aromatic carbocycles. The highest BCUT2D eigenvalue weighted by molar-refractivity contribution is 7.89. The summed E-state index contributed by atoms with van der Waals surface area (Å²) in [7, 11) is -3.73. The number of benzene rings is 2. The van der Waals surface area contributed by atoms with Gasteiger partial charge in [0.05, 0.1) is 10.9 Å². The van der Waals surface area contributed by atoms with E-state index < -0.39 is 16.1 Å². The summed E-state index contributed by atoms with van der Waals surface area (Å²) in [6.07, 6.45) is 0. The van der Waals surface area contributed by atoms with Crippen LogP contribution in [0.5, 0.6) is 0 Å². The Morgan fingerprint density at radius 2 is 1.81 bits per heavy atom. The quantitative estimate of drug-likeness (QED) is 0.882. The van der Waals surface area contributed by atoms with E-state index in [9.17, 15) is 13.2 Å². The highest BCUT2D eigenvalue weighted by Gasteiger charge is 2.21. The Labute approximate surface area is 124 Å². The van der Waals surface area contributed by atoms with Gasteiger partial charge in [0.15, 0.2) is 0 Å². The normalized spacial score (nSPS) is 13.0. The molecule has 2 aromatic rings. The molecule has 0 saturated heterocycles. The molecule has 5 nitrogen and oxygen atoms in total. The Morgan fingerprint density at radius 1 is 1.14 bits per heavy atom. The van der Waals surface area contributed by atoms with E-state index in [-0.39, 0.29) is 10.8 Å². The molecule has 2 N–H and O–H groups in total. The predicted molar refractivity (Wildman–Crippen MR) is 82.4 cm³/mol. The second-order valence-corrected chi connectivity index (χ2v) is 6.46. The third kappa shape index (κ3) is 3.59. The summed E-state index contributed by atoms with van der Waals surface area (Å²) in [5.41, 5.74) is 0. The lowest BCUT2D eigenvalue weighted by molar-refractivity contribution is -0.122. The molecule has 1 atom stereocenters. The molecule has 0 aliphatic heterocycles. The topological polar surface area (TPSA) is 75.3 Å². The van der Waals surface area contributed by atoms with E-state index in [1.165, 1.54) is 13.0 Å². The fraction of sp³-hybridized carbons (Fsp3) is 0.267. The third-order valence-corrected chi connectivity index (χ3v) is 4.65. The van der Waals surface area contributed by atoms with Crippen molar-refractivity contribution in [2.24, 2.45) is 0 Å². The molecule has 2 rings (SSSR count). The molecule has 112 valence electrons. The maximum absolute atomic E-state index is 12.3. The minimum atomic E-state index is -3.73. The average molecular weight is 306 g/mol. The number of carbonyl (C=O) groups is 1. The van der Waals surface area contributed by atoms with Crippen LogP contribution in [0.25, 0.3) is 10.8 Å². The van der Waals surface area contributed by atoms with E-state index in [2.05, 4.69) is 10.0 Å². The van der Waals surface area contributed by atoms with Gasteiger partial charge in [0.2, 0.25) is 15.9 Å². The van der Waals surface area contributed by atoms with Gasteiger partial charge in [0, 0.05) is 6.54 Å². The van der Waals surface area contributed by atoms with Crippen LogP contribution >= 0.6 is 0 Å². The zero-order valence-corrected chi connectivity index (χ0v) is 12.8. The van der Waals surface area contributed by atoms with E-state index in [1.807, 2.05) is 24.3 Å². The van der Waals surface area contributed by atoms with Crippen LogP contribution in [0.3, 0.4) is 0 Å². The summed E-state index contributed by atoms with van der Waals surface area (Å²) < 4.78 is 27.0. The van der Waals surface area contributed by atoms with Crippen LogP contribution in [-0.4, -0.2) is 26.9 Å². The van der Waals surface area contributed by atoms with Gasteiger partial charge in [-0.3, -0.25) is 4.79 Å². The van der Waals surface area contributed by atoms with E-state index in [0.717, 1.165) is 10.8 Å². The molecule has 0 saturated carbocycles. The molecule has 0 unspecified atom stereocenters. The smallest absolute Gasteiger partial charge is 0.241 e. The molecule has 0 bridgehead atoms. The van der Waals surface area contributed by atoms with Crippen LogP contribution in [0.2, 0.25) is 0 Å². The molecule has 0 fully saturated rings. The van der Waals surface area contributed by atoms with Crippen molar-refractivity contribution in [2.45, 2.75) is 24.8 Å². The second-order valence-electron chi connectivity index (χ2n) is 4.75. The largest absolute Gasteiger partial charge is 0.355 e. The van der Waals surface area contributed by atoms with Crippen molar-refractivity contribution < 1.29 is 13.2 Å². The van der Waals surface area contributed by atoms with Gasteiger partial charge < -0.3 is 5.32 Å². The molecule has 0 aliphatic carbocycles. The second kappa shape index (κ2) is 6.24. The molecule has 21 heavy (non-hydrogen) atoms. The lowest BCUT2D eigenvalue weighted by Crippen LogP contribution is -2.44. The predicted octanol–water partition coefficient (Wildman–Crippen LogP) is 1.64. The molecule has 0 heterocycles. The van der Waals surface area contributed by atoms with Crippen molar-refractivity contribution >= 4 is 26.7 Å². The molecular formula is C15H18N2O3S. The first-order chi connectivity index (χ1) is 9.94. The Kier molecular flexibility index (Phi) is 4.59. The van der Waals surface area contributed by atoms with Crippen molar-refractivity contribution in [3.63, 3.8) is 0 Å². The first-order valence-electron chi connectivity index (χ1n) is 6.73. The van der Waals surface area contributed by atoms with E-state index in [4.69, 9.17) is 0 Å². The zero-order valence-electron chi connectivity index (χ0n) is 12.0. The number of nitrogens with one attached hydrogen (secondary N) is 2. The highest BCUT2D eigenvalue weighted by Crippen LogP contribution is 2.19. The third-order valence-electron chi connectivity index (χ3n) is 3.11. The van der Waals surface area contributed by atoms with Crippen molar-refractivity contribution in [3.05, 3.63) is 42.5 Å². The summed E-state index contributed by atoms with van der Waals surface area (Å²) in [6.45, 7) is 3.76. The lowest BCUT2D eigenvalue weighted by Gasteiger charge is -2.14. The van der Waals surface area contributed by atoms with Crippen LogP contribution < -0.4 is 10.0 Å². The number of sulfonamides is 1. The van der Waals surface area contributed by atoms with Crippen LogP contribution in [0.1, 0.15) is 13.8 Å². The number of hydrogen-bond acceptors (Lipinski definition) is 3. The van der Waals surface area contributed by atoms with Crippen LogP contribution in [-0.2, 0) is 14.8 Å². The standard InChI is InChI=1S/C15H18N2O3S/c1-3-16-15(18)11(2)17-21(19,20)14-9-8-12-6-4-5-7-13(12)10-14/h4-11,17H,3H2,1-2H3,(H,16,18)/t11-/m0/s1. The van der Waals surface area contributed by atoms with Crippen LogP contribution in [0.4, 0.5) is 0 Å². The summed E-state index contributed by atoms with van der Waals surface area (Å²) in [4.78, 5) is 11.8. The number of rotatable bonds is 5. The maximum atomic E-state index is 12.3. The van der Waals surface area contributed by atoms with Crippen molar-refractivity contribution in [1.29, 1.82) is 0 Å². The average Bonchev–Trinajstić information content (AvgIpc) is 2.46. The number of hydrogen-bond donors (Lipinski definition) is 2. The molecule has 0 aromatic heterocycles. The van der Waals surface area contributed by atoms with Crippen LogP contribution in [0, 0.1) is 0 Å². The number of amides is 1. The lowest BCUT2D eigenvalue weighted by atomic mass is 10.1. The molecule has 6 heteroatoms. The Bertz CT molecular complexity index is 756. The minimum absolute atomic E-state index is 0.150. The molecular weight excluding hydrogens is 288 g/mol. The van der Waals surface area contributed by atoms with Gasteiger partial charge in [0.1, 0.15) is 0 Å². The summed E-state index contributed by atoms with van der Waals surface area (Å²) in [5, 5.41) is 4.39. The zero-order chi connectivity index (χ0) is 15.5. The van der Waals surface area contributed by atoms with Gasteiger partial charge in [-0.2, -0.15) is 4.72 Å². The highest BCUT2D eigenvalue weighted by atomic mass is 32.2. The summed E-state index contributed by atoms with van der Waals surface area (Å²) >= 11 is 0. The Hall–Kier alpha value is -1.92. The SMILES string of the molecule is CCNC(=O)[C@H](C)NS(=O)(=O)c1ccc2ccccc2c1. The summed E-state index contributed by atoms with van der Waals surface area (Å²) in [6, 6.07) is 11.6. The molecule has 0 radical (unpaired) electrons. The van der Waals surface area contributed by atoms with Gasteiger partial charge in [-0.15, -0.1) is 0 Å². The minimum Gasteiger partial charge on any atom is -0.355 e. The Morgan fingerprint density at radius 3 is 2.48 bits per heavy atom. The van der Waals surface area contributed by atoms with Crippen LogP contribution in [0.15, 0.2) is 47.4 Å². The van der Waals surface area contributed by atoms with E-state index in [0.29, 0.717) is 6.54 Å². The van der Waals surface area contributed by atoms with Gasteiger partial charge in [-0.25, -0.2) is 8.42 Å². The molecule has 1 amide bonds. The summed E-state index contributed by atoms with van der Waals surface area (Å²) in [5.74, 6) is -0.345. The van der Waals surface area contributed by atoms with Crippen molar-refractivity contribution in [1.82, 2.24) is 10.0 Å². The molecule has 0 aliphatic rings. The van der Waals surface area contributed by atoms with Gasteiger partial charge in [0.25, 0.3) is 0 Å². The van der Waals surface area contributed by atoms with Gasteiger partial charge >= 0.3 is 0 Å². The van der Waals surface area contributed by atoms with Crippen molar-refractivity contribution in [3.8, 4) is 0 Å². The number of carbonyl (C=O) groups excluding carboxylic acids is 1. The molecule has 0 spiro atoms. The van der Waals surface area contributed by atoms with E-state index >= 15 is 0 Å². The van der Waals surface area contributed by atoms with Gasteiger partial charge in [-0.1, -0.05) is 30.3 Å². The Balaban J connectivity index is 2.27. The number of fused-ring (bicyclic) bond motifs is 1. The fourth-order valence-corrected chi connectivity index (χ4v) is 3.25. The monoisotopic (exact) mass is 306 g/mol. The fourth-order valence-electron chi connectivity index (χ4n) is 2.02. The first kappa shape index (κ1) is 15.5. The number of likely N-dealkylation sites (N-methyl/N-ethyl adjacent to an activating group) is 1. The van der Waals surface area contributed by atoms with Gasteiger partial charge in [-0.05, 0) is 36.8 Å². The first-order valence-corrected chi connectivity index (χ1v) is 8.21. The maximum Gasteiger partial charge on any atom is 0.241 e.